The van der Waals surface area contributed by atoms with Crippen molar-refractivity contribution in [2.24, 2.45) is 0 Å². The maximum Gasteiger partial charge on any atom is 0.107 e. The zero-order chi connectivity index (χ0) is 11.5. The Labute approximate surface area is 97.4 Å². The molecular weight excluding hydrogens is 200 g/mol. The first-order valence-corrected chi connectivity index (χ1v) is 6.11. The lowest BCUT2D eigenvalue weighted by atomic mass is 10.1. The van der Waals surface area contributed by atoms with Gasteiger partial charge in [-0.2, -0.15) is 0 Å². The topological polar surface area (TPSA) is 44.0 Å². The van der Waals surface area contributed by atoms with Crippen LogP contribution in [0.1, 0.15) is 31.3 Å². The molecule has 0 aromatic carbocycles. The summed E-state index contributed by atoms with van der Waals surface area (Å²) in [5, 5.41) is 3.53. The SMILES string of the molecule is CC(C)c1cnc(CC2CN(C)CCN2)[nH]1. The van der Waals surface area contributed by atoms with Crippen molar-refractivity contribution >= 4 is 0 Å². The van der Waals surface area contributed by atoms with E-state index in [4.69, 9.17) is 0 Å². The first kappa shape index (κ1) is 11.6. The summed E-state index contributed by atoms with van der Waals surface area (Å²) in [5.74, 6) is 1.64. The smallest absolute Gasteiger partial charge is 0.107 e. The van der Waals surface area contributed by atoms with Gasteiger partial charge in [-0.05, 0) is 13.0 Å². The van der Waals surface area contributed by atoms with Crippen LogP contribution in [0.2, 0.25) is 0 Å². The second-order valence-electron chi connectivity index (χ2n) is 5.06. The third kappa shape index (κ3) is 2.83. The maximum absolute atomic E-state index is 4.44. The summed E-state index contributed by atoms with van der Waals surface area (Å²) in [6.45, 7) is 7.70. The molecule has 0 amide bonds. The van der Waals surface area contributed by atoms with Crippen molar-refractivity contribution in [2.45, 2.75) is 32.2 Å². The number of piperazine rings is 1. The third-order valence-electron chi connectivity index (χ3n) is 3.17. The summed E-state index contributed by atoms with van der Waals surface area (Å²) in [5.41, 5.74) is 1.24. The van der Waals surface area contributed by atoms with Gasteiger partial charge in [0.25, 0.3) is 0 Å². The minimum absolute atomic E-state index is 0.531. The Morgan fingerprint density at radius 2 is 2.38 bits per heavy atom. The summed E-state index contributed by atoms with van der Waals surface area (Å²) >= 11 is 0. The Morgan fingerprint density at radius 1 is 1.56 bits per heavy atom. The maximum atomic E-state index is 4.44. The number of nitrogens with zero attached hydrogens (tertiary/aromatic N) is 2. The van der Waals surface area contributed by atoms with Crippen LogP contribution in [-0.4, -0.2) is 47.6 Å². The number of nitrogens with one attached hydrogen (secondary N) is 2. The van der Waals surface area contributed by atoms with Crippen LogP contribution in [0.15, 0.2) is 6.20 Å². The molecule has 1 unspecified atom stereocenters. The number of H-pyrrole nitrogens is 1. The molecule has 1 aromatic heterocycles. The Bertz CT molecular complexity index is 332. The van der Waals surface area contributed by atoms with Crippen molar-refractivity contribution in [3.8, 4) is 0 Å². The molecule has 90 valence electrons. The number of aromatic nitrogens is 2. The van der Waals surface area contributed by atoms with Gasteiger partial charge in [0, 0.05) is 44.0 Å². The van der Waals surface area contributed by atoms with Gasteiger partial charge in [-0.1, -0.05) is 13.8 Å². The zero-order valence-electron chi connectivity index (χ0n) is 10.5. The summed E-state index contributed by atoms with van der Waals surface area (Å²) in [7, 11) is 2.18. The molecule has 0 bridgehead atoms. The van der Waals surface area contributed by atoms with E-state index < -0.39 is 0 Å². The summed E-state index contributed by atoms with van der Waals surface area (Å²) in [6.07, 6.45) is 2.96. The molecule has 4 nitrogen and oxygen atoms in total. The van der Waals surface area contributed by atoms with Gasteiger partial charge in [0.2, 0.25) is 0 Å². The van der Waals surface area contributed by atoms with Gasteiger partial charge in [-0.25, -0.2) is 4.98 Å². The lowest BCUT2D eigenvalue weighted by Crippen LogP contribution is -2.50. The van der Waals surface area contributed by atoms with Gasteiger partial charge in [0.05, 0.1) is 0 Å². The van der Waals surface area contributed by atoms with Crippen molar-refractivity contribution in [1.29, 1.82) is 0 Å². The van der Waals surface area contributed by atoms with Gasteiger partial charge < -0.3 is 15.2 Å². The van der Waals surface area contributed by atoms with Crippen molar-refractivity contribution < 1.29 is 0 Å². The molecule has 0 spiro atoms. The van der Waals surface area contributed by atoms with E-state index in [2.05, 4.69) is 41.1 Å². The van der Waals surface area contributed by atoms with Crippen LogP contribution in [-0.2, 0) is 6.42 Å². The van der Waals surface area contributed by atoms with Crippen LogP contribution in [0.3, 0.4) is 0 Å². The molecule has 1 aliphatic rings. The number of rotatable bonds is 3. The third-order valence-corrected chi connectivity index (χ3v) is 3.17. The predicted octanol–water partition coefficient (Wildman–Crippen LogP) is 0.979. The number of aromatic amines is 1. The van der Waals surface area contributed by atoms with Gasteiger partial charge in [-0.15, -0.1) is 0 Å². The van der Waals surface area contributed by atoms with E-state index in [0.717, 1.165) is 31.9 Å². The fourth-order valence-electron chi connectivity index (χ4n) is 2.14. The number of likely N-dealkylation sites (N-methyl/N-ethyl adjacent to an activating group) is 1. The molecule has 1 aromatic rings. The molecule has 2 rings (SSSR count). The highest BCUT2D eigenvalue weighted by Crippen LogP contribution is 2.12. The highest BCUT2D eigenvalue weighted by Gasteiger charge is 2.18. The highest BCUT2D eigenvalue weighted by atomic mass is 15.2. The van der Waals surface area contributed by atoms with Gasteiger partial charge in [-0.3, -0.25) is 0 Å². The van der Waals surface area contributed by atoms with Crippen LogP contribution in [0, 0.1) is 0 Å². The number of hydrogen-bond acceptors (Lipinski definition) is 3. The summed E-state index contributed by atoms with van der Waals surface area (Å²) < 4.78 is 0. The van der Waals surface area contributed by atoms with E-state index in [0.29, 0.717) is 12.0 Å². The Morgan fingerprint density at radius 3 is 3.00 bits per heavy atom. The van der Waals surface area contributed by atoms with Gasteiger partial charge in [0.1, 0.15) is 5.82 Å². The zero-order valence-corrected chi connectivity index (χ0v) is 10.5. The Hall–Kier alpha value is -0.870. The van der Waals surface area contributed by atoms with Crippen LogP contribution < -0.4 is 5.32 Å². The van der Waals surface area contributed by atoms with E-state index in [1.165, 1.54) is 5.69 Å². The molecular formula is C12H22N4. The van der Waals surface area contributed by atoms with E-state index in [1.54, 1.807) is 0 Å². The van der Waals surface area contributed by atoms with Gasteiger partial charge >= 0.3 is 0 Å². The largest absolute Gasteiger partial charge is 0.346 e. The molecule has 4 heteroatoms. The molecule has 0 saturated carbocycles. The summed E-state index contributed by atoms with van der Waals surface area (Å²) in [6, 6.07) is 0.532. The normalized spacial score (nSPS) is 22.9. The monoisotopic (exact) mass is 222 g/mol. The van der Waals surface area contributed by atoms with Crippen LogP contribution in [0.25, 0.3) is 0 Å². The molecule has 0 aliphatic carbocycles. The average molecular weight is 222 g/mol. The molecule has 1 saturated heterocycles. The van der Waals surface area contributed by atoms with Crippen LogP contribution in [0.4, 0.5) is 0 Å². The second-order valence-corrected chi connectivity index (χ2v) is 5.06. The quantitative estimate of drug-likeness (QED) is 0.801. The number of hydrogen-bond donors (Lipinski definition) is 2. The molecule has 16 heavy (non-hydrogen) atoms. The molecule has 1 atom stereocenters. The van der Waals surface area contributed by atoms with Crippen molar-refractivity contribution in [3.05, 3.63) is 17.7 Å². The molecule has 1 fully saturated rings. The van der Waals surface area contributed by atoms with Crippen LogP contribution >= 0.6 is 0 Å². The molecule has 1 aliphatic heterocycles. The van der Waals surface area contributed by atoms with Crippen molar-refractivity contribution in [3.63, 3.8) is 0 Å². The fraction of sp³-hybridized carbons (Fsp3) is 0.750. The first-order chi connectivity index (χ1) is 7.65. The first-order valence-electron chi connectivity index (χ1n) is 6.11. The van der Waals surface area contributed by atoms with E-state index >= 15 is 0 Å². The lowest BCUT2D eigenvalue weighted by molar-refractivity contribution is 0.236. The van der Waals surface area contributed by atoms with Crippen LogP contribution in [0.5, 0.6) is 0 Å². The average Bonchev–Trinajstić information content (AvgIpc) is 2.66. The molecule has 2 N–H and O–H groups in total. The van der Waals surface area contributed by atoms with E-state index in [1.807, 2.05) is 6.20 Å². The fourth-order valence-corrected chi connectivity index (χ4v) is 2.14. The van der Waals surface area contributed by atoms with E-state index in [9.17, 15) is 0 Å². The standard InChI is InChI=1S/C12H22N4/c1-9(2)11-7-14-12(15-11)6-10-8-16(3)5-4-13-10/h7,9-10,13H,4-6,8H2,1-3H3,(H,14,15). The van der Waals surface area contributed by atoms with Gasteiger partial charge in [0.15, 0.2) is 0 Å². The minimum Gasteiger partial charge on any atom is -0.346 e. The Kier molecular flexibility index (Phi) is 3.61. The molecule has 2 heterocycles. The lowest BCUT2D eigenvalue weighted by Gasteiger charge is -2.30. The minimum atomic E-state index is 0.531. The van der Waals surface area contributed by atoms with E-state index in [-0.39, 0.29) is 0 Å². The van der Waals surface area contributed by atoms with Crippen molar-refractivity contribution in [2.75, 3.05) is 26.7 Å². The highest BCUT2D eigenvalue weighted by molar-refractivity contribution is 5.06. The second kappa shape index (κ2) is 4.97. The van der Waals surface area contributed by atoms with Crippen molar-refractivity contribution in [1.82, 2.24) is 20.2 Å². The Balaban J connectivity index is 1.92. The summed E-state index contributed by atoms with van der Waals surface area (Å²) in [4.78, 5) is 10.2. The predicted molar refractivity (Wildman–Crippen MR) is 65.7 cm³/mol. The molecule has 0 radical (unpaired) electrons. The number of imidazole rings is 1.